The molecular formula is C12H19ClN4. The van der Waals surface area contributed by atoms with Gasteiger partial charge in [-0.1, -0.05) is 11.6 Å². The van der Waals surface area contributed by atoms with Gasteiger partial charge in [0, 0.05) is 30.9 Å². The molecule has 0 radical (unpaired) electrons. The lowest BCUT2D eigenvalue weighted by atomic mass is 10.2. The van der Waals surface area contributed by atoms with Gasteiger partial charge in [-0.25, -0.2) is 4.98 Å². The number of nitrogen functional groups attached to an aromatic ring is 1. The molecule has 17 heavy (non-hydrogen) atoms. The van der Waals surface area contributed by atoms with Crippen LogP contribution in [0.4, 0.5) is 11.5 Å². The average Bonchev–Trinajstić information content (AvgIpc) is 2.37. The van der Waals surface area contributed by atoms with Crippen molar-refractivity contribution in [3.63, 3.8) is 0 Å². The molecule has 1 fully saturated rings. The molecule has 0 amide bonds. The predicted octanol–water partition coefficient (Wildman–Crippen LogP) is 1.85. The van der Waals surface area contributed by atoms with Crippen molar-refractivity contribution in [2.24, 2.45) is 0 Å². The highest BCUT2D eigenvalue weighted by molar-refractivity contribution is 6.29. The first-order chi connectivity index (χ1) is 8.06. The zero-order valence-corrected chi connectivity index (χ0v) is 11.1. The van der Waals surface area contributed by atoms with Crippen molar-refractivity contribution in [1.82, 2.24) is 9.88 Å². The highest BCUT2D eigenvalue weighted by atomic mass is 35.5. The number of nitrogens with two attached hydrogens (primary N) is 1. The smallest absolute Gasteiger partial charge is 0.133 e. The van der Waals surface area contributed by atoms with E-state index in [-0.39, 0.29) is 0 Å². The quantitative estimate of drug-likeness (QED) is 0.777. The fourth-order valence-corrected chi connectivity index (χ4v) is 2.57. The highest BCUT2D eigenvalue weighted by Gasteiger charge is 2.21. The van der Waals surface area contributed by atoms with Gasteiger partial charge in [-0.15, -0.1) is 0 Å². The van der Waals surface area contributed by atoms with Crippen LogP contribution in [-0.2, 0) is 0 Å². The van der Waals surface area contributed by atoms with Gasteiger partial charge in [0.2, 0.25) is 0 Å². The van der Waals surface area contributed by atoms with E-state index in [4.69, 9.17) is 17.3 Å². The normalized spacial score (nSPS) is 22.5. The minimum Gasteiger partial charge on any atom is -0.399 e. The number of pyridine rings is 1. The molecule has 2 heterocycles. The van der Waals surface area contributed by atoms with Crippen LogP contribution in [0.1, 0.15) is 13.3 Å². The van der Waals surface area contributed by atoms with Crippen LogP contribution in [0.5, 0.6) is 0 Å². The number of likely N-dealkylation sites (N-methyl/N-ethyl adjacent to an activating group) is 1. The summed E-state index contributed by atoms with van der Waals surface area (Å²) in [5.41, 5.74) is 6.49. The van der Waals surface area contributed by atoms with Crippen LogP contribution in [0, 0.1) is 0 Å². The molecule has 94 valence electrons. The van der Waals surface area contributed by atoms with E-state index in [0.29, 0.717) is 16.9 Å². The molecule has 0 spiro atoms. The van der Waals surface area contributed by atoms with Crippen LogP contribution in [0.25, 0.3) is 0 Å². The van der Waals surface area contributed by atoms with Crippen LogP contribution in [-0.4, -0.2) is 42.6 Å². The molecule has 1 aromatic heterocycles. The van der Waals surface area contributed by atoms with Crippen LogP contribution in [0.3, 0.4) is 0 Å². The van der Waals surface area contributed by atoms with E-state index in [0.717, 1.165) is 31.9 Å². The molecule has 1 aliphatic rings. The largest absolute Gasteiger partial charge is 0.399 e. The Bertz CT molecular complexity index is 376. The standard InChI is InChI=1S/C12H19ClN4/c1-9-8-16(2)4-3-5-17(9)12-7-10(14)6-11(13)15-12/h6-7,9H,3-5,8H2,1-2H3,(H2,14,15). The first-order valence-electron chi connectivity index (χ1n) is 5.94. The first-order valence-corrected chi connectivity index (χ1v) is 6.32. The zero-order chi connectivity index (χ0) is 12.4. The van der Waals surface area contributed by atoms with Gasteiger partial charge < -0.3 is 15.5 Å². The molecule has 0 bridgehead atoms. The third kappa shape index (κ3) is 3.01. The minimum absolute atomic E-state index is 0.424. The summed E-state index contributed by atoms with van der Waals surface area (Å²) in [6.07, 6.45) is 1.13. The van der Waals surface area contributed by atoms with Crippen molar-refractivity contribution in [3.8, 4) is 0 Å². The molecule has 1 aromatic rings. The second-order valence-electron chi connectivity index (χ2n) is 4.74. The summed E-state index contributed by atoms with van der Waals surface area (Å²) >= 11 is 5.96. The summed E-state index contributed by atoms with van der Waals surface area (Å²) in [6, 6.07) is 4.00. The van der Waals surface area contributed by atoms with Crippen molar-refractivity contribution in [3.05, 3.63) is 17.3 Å². The van der Waals surface area contributed by atoms with E-state index in [2.05, 4.69) is 28.8 Å². The Labute approximate surface area is 107 Å². The molecule has 0 saturated carbocycles. The average molecular weight is 255 g/mol. The van der Waals surface area contributed by atoms with E-state index < -0.39 is 0 Å². The third-order valence-electron chi connectivity index (χ3n) is 3.14. The lowest BCUT2D eigenvalue weighted by Crippen LogP contribution is -2.38. The van der Waals surface area contributed by atoms with Gasteiger partial charge in [-0.05, 0) is 33.0 Å². The van der Waals surface area contributed by atoms with Gasteiger partial charge in [0.25, 0.3) is 0 Å². The molecule has 2 N–H and O–H groups in total. The Balaban J connectivity index is 2.25. The Hall–Kier alpha value is -1.00. The predicted molar refractivity (Wildman–Crippen MR) is 72.6 cm³/mol. The van der Waals surface area contributed by atoms with E-state index in [1.165, 1.54) is 0 Å². The molecule has 1 saturated heterocycles. The Kier molecular flexibility index (Phi) is 3.74. The number of hydrogen-bond donors (Lipinski definition) is 1. The van der Waals surface area contributed by atoms with Gasteiger partial charge in [0.1, 0.15) is 11.0 Å². The van der Waals surface area contributed by atoms with Crippen molar-refractivity contribution < 1.29 is 0 Å². The van der Waals surface area contributed by atoms with E-state index in [1.807, 2.05) is 6.07 Å². The number of anilines is 2. The van der Waals surface area contributed by atoms with Crippen LogP contribution in [0.2, 0.25) is 5.15 Å². The fraction of sp³-hybridized carbons (Fsp3) is 0.583. The maximum absolute atomic E-state index is 5.96. The van der Waals surface area contributed by atoms with Crippen molar-refractivity contribution in [2.75, 3.05) is 37.3 Å². The second-order valence-corrected chi connectivity index (χ2v) is 5.13. The van der Waals surface area contributed by atoms with Gasteiger partial charge >= 0.3 is 0 Å². The lowest BCUT2D eigenvalue weighted by Gasteiger charge is -2.29. The SMILES string of the molecule is CC1CN(C)CCCN1c1cc(N)cc(Cl)n1. The van der Waals surface area contributed by atoms with Crippen molar-refractivity contribution >= 4 is 23.1 Å². The van der Waals surface area contributed by atoms with Crippen LogP contribution in [0.15, 0.2) is 12.1 Å². The van der Waals surface area contributed by atoms with Gasteiger partial charge in [0.05, 0.1) is 0 Å². The monoisotopic (exact) mass is 254 g/mol. The fourth-order valence-electron chi connectivity index (χ4n) is 2.36. The summed E-state index contributed by atoms with van der Waals surface area (Å²) in [5.74, 6) is 0.887. The summed E-state index contributed by atoms with van der Waals surface area (Å²) < 4.78 is 0. The van der Waals surface area contributed by atoms with E-state index >= 15 is 0 Å². The third-order valence-corrected chi connectivity index (χ3v) is 3.34. The Morgan fingerprint density at radius 3 is 2.88 bits per heavy atom. The molecule has 4 nitrogen and oxygen atoms in total. The molecule has 0 aromatic carbocycles. The maximum Gasteiger partial charge on any atom is 0.133 e. The lowest BCUT2D eigenvalue weighted by molar-refractivity contribution is 0.337. The molecule has 0 aliphatic carbocycles. The maximum atomic E-state index is 5.96. The molecule has 5 heteroatoms. The van der Waals surface area contributed by atoms with Gasteiger partial charge in [-0.2, -0.15) is 0 Å². The topological polar surface area (TPSA) is 45.4 Å². The molecule has 1 atom stereocenters. The number of rotatable bonds is 1. The first kappa shape index (κ1) is 12.5. The van der Waals surface area contributed by atoms with Crippen LogP contribution >= 0.6 is 11.6 Å². The van der Waals surface area contributed by atoms with E-state index in [1.54, 1.807) is 6.07 Å². The molecule has 1 aliphatic heterocycles. The number of aromatic nitrogens is 1. The summed E-state index contributed by atoms with van der Waals surface area (Å²) in [6.45, 7) is 5.36. The summed E-state index contributed by atoms with van der Waals surface area (Å²) in [5, 5.41) is 0.463. The van der Waals surface area contributed by atoms with E-state index in [9.17, 15) is 0 Å². The molecular weight excluding hydrogens is 236 g/mol. The molecule has 1 unspecified atom stereocenters. The van der Waals surface area contributed by atoms with Crippen molar-refractivity contribution in [2.45, 2.75) is 19.4 Å². The summed E-state index contributed by atoms with van der Waals surface area (Å²) in [4.78, 5) is 9.00. The van der Waals surface area contributed by atoms with Gasteiger partial charge in [-0.3, -0.25) is 0 Å². The summed E-state index contributed by atoms with van der Waals surface area (Å²) in [7, 11) is 2.15. The highest BCUT2D eigenvalue weighted by Crippen LogP contribution is 2.23. The Morgan fingerprint density at radius 2 is 2.18 bits per heavy atom. The second kappa shape index (κ2) is 5.10. The van der Waals surface area contributed by atoms with Crippen LogP contribution < -0.4 is 10.6 Å². The number of hydrogen-bond acceptors (Lipinski definition) is 4. The molecule has 2 rings (SSSR count). The number of halogens is 1. The Morgan fingerprint density at radius 1 is 1.41 bits per heavy atom. The number of nitrogens with zero attached hydrogens (tertiary/aromatic N) is 3. The minimum atomic E-state index is 0.424. The van der Waals surface area contributed by atoms with Crippen molar-refractivity contribution in [1.29, 1.82) is 0 Å². The zero-order valence-electron chi connectivity index (χ0n) is 10.4. The van der Waals surface area contributed by atoms with Gasteiger partial charge in [0.15, 0.2) is 0 Å².